The lowest BCUT2D eigenvalue weighted by atomic mass is 9.99. The van der Waals surface area contributed by atoms with Crippen LogP contribution in [0.2, 0.25) is 0 Å². The van der Waals surface area contributed by atoms with Gasteiger partial charge in [-0.2, -0.15) is 0 Å². The van der Waals surface area contributed by atoms with Crippen LogP contribution in [0.3, 0.4) is 0 Å². The SMILES string of the molecule is C#CC(C)(CC)NC(=O)CCc1ccccc1. The lowest BCUT2D eigenvalue weighted by Gasteiger charge is -2.23. The van der Waals surface area contributed by atoms with Crippen LogP contribution in [0, 0.1) is 12.3 Å². The minimum atomic E-state index is -0.520. The highest BCUT2D eigenvalue weighted by Gasteiger charge is 2.20. The van der Waals surface area contributed by atoms with Crippen LogP contribution in [0.25, 0.3) is 0 Å². The van der Waals surface area contributed by atoms with Gasteiger partial charge in [0.2, 0.25) is 5.91 Å². The number of terminal acetylenes is 1. The van der Waals surface area contributed by atoms with Crippen LogP contribution >= 0.6 is 0 Å². The Morgan fingerprint density at radius 2 is 2.06 bits per heavy atom. The van der Waals surface area contributed by atoms with E-state index in [0.717, 1.165) is 12.8 Å². The molecule has 0 bridgehead atoms. The molecular formula is C15H19NO. The second kappa shape index (κ2) is 6.10. The summed E-state index contributed by atoms with van der Waals surface area (Å²) in [7, 11) is 0. The third-order valence-electron chi connectivity index (χ3n) is 2.92. The molecular weight excluding hydrogens is 210 g/mol. The van der Waals surface area contributed by atoms with Crippen molar-refractivity contribution in [3.8, 4) is 12.3 Å². The molecule has 0 spiro atoms. The third-order valence-corrected chi connectivity index (χ3v) is 2.92. The van der Waals surface area contributed by atoms with Crippen molar-refractivity contribution in [2.75, 3.05) is 0 Å². The van der Waals surface area contributed by atoms with Crippen LogP contribution in [-0.4, -0.2) is 11.4 Å². The van der Waals surface area contributed by atoms with Gasteiger partial charge in [-0.15, -0.1) is 6.42 Å². The summed E-state index contributed by atoms with van der Waals surface area (Å²) in [5.74, 6) is 2.64. The van der Waals surface area contributed by atoms with E-state index >= 15 is 0 Å². The zero-order chi connectivity index (χ0) is 12.7. The molecule has 1 N–H and O–H groups in total. The molecule has 0 saturated carbocycles. The van der Waals surface area contributed by atoms with Crippen molar-refractivity contribution in [2.24, 2.45) is 0 Å². The molecule has 1 unspecified atom stereocenters. The maximum absolute atomic E-state index is 11.7. The third kappa shape index (κ3) is 4.32. The summed E-state index contributed by atoms with van der Waals surface area (Å²) in [6.07, 6.45) is 7.37. The maximum atomic E-state index is 11.7. The fourth-order valence-electron chi connectivity index (χ4n) is 1.50. The van der Waals surface area contributed by atoms with Gasteiger partial charge in [-0.1, -0.05) is 43.2 Å². The Hall–Kier alpha value is -1.75. The van der Waals surface area contributed by atoms with E-state index in [1.807, 2.05) is 44.2 Å². The highest BCUT2D eigenvalue weighted by atomic mass is 16.1. The van der Waals surface area contributed by atoms with E-state index in [0.29, 0.717) is 6.42 Å². The molecule has 90 valence electrons. The summed E-state index contributed by atoms with van der Waals surface area (Å²) < 4.78 is 0. The smallest absolute Gasteiger partial charge is 0.221 e. The molecule has 2 heteroatoms. The van der Waals surface area contributed by atoms with E-state index in [4.69, 9.17) is 6.42 Å². The number of hydrogen-bond donors (Lipinski definition) is 1. The topological polar surface area (TPSA) is 29.1 Å². The van der Waals surface area contributed by atoms with Crippen LogP contribution in [0.15, 0.2) is 30.3 Å². The van der Waals surface area contributed by atoms with Gasteiger partial charge < -0.3 is 5.32 Å². The fraction of sp³-hybridized carbons (Fsp3) is 0.400. The Kier molecular flexibility index (Phi) is 4.78. The normalized spacial score (nSPS) is 13.5. The second-order valence-corrected chi connectivity index (χ2v) is 4.36. The van der Waals surface area contributed by atoms with Crippen LogP contribution in [0.1, 0.15) is 32.3 Å². The Balaban J connectivity index is 2.44. The van der Waals surface area contributed by atoms with Gasteiger partial charge in [0.05, 0.1) is 5.54 Å². The number of aryl methyl sites for hydroxylation is 1. The summed E-state index contributed by atoms with van der Waals surface area (Å²) in [6, 6.07) is 9.96. The average Bonchev–Trinajstić information content (AvgIpc) is 2.37. The molecule has 1 rings (SSSR count). The number of rotatable bonds is 5. The van der Waals surface area contributed by atoms with Crippen molar-refractivity contribution in [3.63, 3.8) is 0 Å². The predicted octanol–water partition coefficient (Wildman–Crippen LogP) is 2.54. The standard InChI is InChI=1S/C15H19NO/c1-4-15(3,5-2)16-14(17)12-11-13-9-7-6-8-10-13/h1,6-10H,5,11-12H2,2-3H3,(H,16,17). The first-order valence-electron chi connectivity index (χ1n) is 5.92. The fourth-order valence-corrected chi connectivity index (χ4v) is 1.50. The molecule has 2 nitrogen and oxygen atoms in total. The molecule has 0 aliphatic heterocycles. The first kappa shape index (κ1) is 13.3. The summed E-state index contributed by atoms with van der Waals surface area (Å²) in [5, 5.41) is 2.89. The maximum Gasteiger partial charge on any atom is 0.221 e. The number of nitrogens with one attached hydrogen (secondary N) is 1. The predicted molar refractivity (Wildman–Crippen MR) is 70.4 cm³/mol. The second-order valence-electron chi connectivity index (χ2n) is 4.36. The van der Waals surface area contributed by atoms with Crippen LogP contribution in [-0.2, 0) is 11.2 Å². The Bertz CT molecular complexity index is 405. The molecule has 0 aromatic heterocycles. The van der Waals surface area contributed by atoms with Gasteiger partial charge in [0.15, 0.2) is 0 Å². The van der Waals surface area contributed by atoms with Gasteiger partial charge in [-0.05, 0) is 25.3 Å². The van der Waals surface area contributed by atoms with Crippen molar-refractivity contribution in [1.82, 2.24) is 5.32 Å². The molecule has 0 saturated heterocycles. The van der Waals surface area contributed by atoms with Crippen molar-refractivity contribution in [2.45, 2.75) is 38.6 Å². The Morgan fingerprint density at radius 1 is 1.41 bits per heavy atom. The molecule has 0 fully saturated rings. The van der Waals surface area contributed by atoms with Crippen molar-refractivity contribution >= 4 is 5.91 Å². The molecule has 1 amide bonds. The van der Waals surface area contributed by atoms with Gasteiger partial charge in [0.25, 0.3) is 0 Å². The minimum Gasteiger partial charge on any atom is -0.340 e. The molecule has 0 aliphatic rings. The van der Waals surface area contributed by atoms with Gasteiger partial charge in [0, 0.05) is 6.42 Å². The van der Waals surface area contributed by atoms with E-state index in [1.165, 1.54) is 5.56 Å². The Labute approximate surface area is 103 Å². The first-order chi connectivity index (χ1) is 8.09. The van der Waals surface area contributed by atoms with E-state index < -0.39 is 5.54 Å². The van der Waals surface area contributed by atoms with Crippen LogP contribution in [0.4, 0.5) is 0 Å². The van der Waals surface area contributed by atoms with Crippen molar-refractivity contribution in [3.05, 3.63) is 35.9 Å². The number of hydrogen-bond acceptors (Lipinski definition) is 1. The average molecular weight is 229 g/mol. The quantitative estimate of drug-likeness (QED) is 0.772. The number of carbonyl (C=O) groups excluding carboxylic acids is 1. The van der Waals surface area contributed by atoms with Gasteiger partial charge in [0.1, 0.15) is 0 Å². The zero-order valence-electron chi connectivity index (χ0n) is 10.5. The zero-order valence-corrected chi connectivity index (χ0v) is 10.5. The highest BCUT2D eigenvalue weighted by molar-refractivity contribution is 5.77. The largest absolute Gasteiger partial charge is 0.340 e. The highest BCUT2D eigenvalue weighted by Crippen LogP contribution is 2.08. The first-order valence-corrected chi connectivity index (χ1v) is 5.92. The lowest BCUT2D eigenvalue weighted by Crippen LogP contribution is -2.44. The molecule has 0 radical (unpaired) electrons. The monoisotopic (exact) mass is 229 g/mol. The molecule has 0 heterocycles. The summed E-state index contributed by atoms with van der Waals surface area (Å²) >= 11 is 0. The van der Waals surface area contributed by atoms with Crippen LogP contribution in [0.5, 0.6) is 0 Å². The van der Waals surface area contributed by atoms with E-state index in [-0.39, 0.29) is 5.91 Å². The van der Waals surface area contributed by atoms with E-state index in [9.17, 15) is 4.79 Å². The van der Waals surface area contributed by atoms with Crippen molar-refractivity contribution < 1.29 is 4.79 Å². The van der Waals surface area contributed by atoms with E-state index in [2.05, 4.69) is 11.2 Å². The molecule has 1 atom stereocenters. The summed E-state index contributed by atoms with van der Waals surface area (Å²) in [6.45, 7) is 3.84. The Morgan fingerprint density at radius 3 is 2.59 bits per heavy atom. The molecule has 17 heavy (non-hydrogen) atoms. The minimum absolute atomic E-state index is 0.0103. The number of carbonyl (C=O) groups is 1. The van der Waals surface area contributed by atoms with Gasteiger partial charge in [-0.3, -0.25) is 4.79 Å². The summed E-state index contributed by atoms with van der Waals surface area (Å²) in [5.41, 5.74) is 0.648. The van der Waals surface area contributed by atoms with Crippen molar-refractivity contribution in [1.29, 1.82) is 0 Å². The molecule has 1 aromatic carbocycles. The van der Waals surface area contributed by atoms with E-state index in [1.54, 1.807) is 0 Å². The van der Waals surface area contributed by atoms with Gasteiger partial charge >= 0.3 is 0 Å². The van der Waals surface area contributed by atoms with Crippen LogP contribution < -0.4 is 5.32 Å². The molecule has 1 aromatic rings. The number of amides is 1. The number of benzene rings is 1. The summed E-state index contributed by atoms with van der Waals surface area (Å²) in [4.78, 5) is 11.7. The molecule has 0 aliphatic carbocycles. The van der Waals surface area contributed by atoms with Gasteiger partial charge in [-0.25, -0.2) is 0 Å². The lowest BCUT2D eigenvalue weighted by molar-refractivity contribution is -0.122.